The second-order valence-corrected chi connectivity index (χ2v) is 6.29. The molecule has 100 valence electrons. The van der Waals surface area contributed by atoms with Crippen molar-refractivity contribution >= 4 is 23.4 Å². The van der Waals surface area contributed by atoms with Gasteiger partial charge in [0.1, 0.15) is 0 Å². The number of hydrogen-bond acceptors (Lipinski definition) is 3. The molecule has 1 aromatic carbocycles. The topological polar surface area (TPSA) is 21.3 Å². The molecule has 0 radical (unpaired) electrons. The van der Waals surface area contributed by atoms with Gasteiger partial charge in [-0.3, -0.25) is 0 Å². The minimum absolute atomic E-state index is 0.423. The van der Waals surface area contributed by atoms with E-state index in [9.17, 15) is 0 Å². The molecule has 2 rings (SSSR count). The summed E-state index contributed by atoms with van der Waals surface area (Å²) in [5.74, 6) is 1.17. The zero-order chi connectivity index (χ0) is 13.0. The van der Waals surface area contributed by atoms with Gasteiger partial charge >= 0.3 is 0 Å². The van der Waals surface area contributed by atoms with E-state index in [1.807, 2.05) is 17.8 Å². The number of rotatable bonds is 5. The summed E-state index contributed by atoms with van der Waals surface area (Å²) in [5.41, 5.74) is 1.35. The van der Waals surface area contributed by atoms with Gasteiger partial charge in [-0.1, -0.05) is 11.6 Å². The van der Waals surface area contributed by atoms with Crippen molar-refractivity contribution in [3.8, 4) is 0 Å². The molecule has 2 atom stereocenters. The van der Waals surface area contributed by atoms with Crippen LogP contribution in [-0.4, -0.2) is 25.5 Å². The fraction of sp³-hybridized carbons (Fsp3) is 0.571. The highest BCUT2D eigenvalue weighted by Gasteiger charge is 2.22. The third-order valence-corrected chi connectivity index (χ3v) is 4.61. The average Bonchev–Trinajstić information content (AvgIpc) is 2.37. The number of thioether (sulfide) groups is 1. The molecule has 18 heavy (non-hydrogen) atoms. The predicted molar refractivity (Wildman–Crippen MR) is 78.6 cm³/mol. The highest BCUT2D eigenvalue weighted by molar-refractivity contribution is 7.99. The third kappa shape index (κ3) is 3.64. The Kier molecular flexibility index (Phi) is 5.37. The molecule has 0 amide bonds. The minimum atomic E-state index is 0.423. The summed E-state index contributed by atoms with van der Waals surface area (Å²) in [7, 11) is 1.75. The molecule has 1 aliphatic rings. The Labute approximate surface area is 118 Å². The van der Waals surface area contributed by atoms with Gasteiger partial charge in [0.15, 0.2) is 0 Å². The van der Waals surface area contributed by atoms with Crippen LogP contribution < -0.4 is 5.32 Å². The molecule has 1 aliphatic heterocycles. The van der Waals surface area contributed by atoms with Crippen LogP contribution in [0.5, 0.6) is 0 Å². The lowest BCUT2D eigenvalue weighted by molar-refractivity contribution is 0.182. The highest BCUT2D eigenvalue weighted by atomic mass is 35.5. The molecule has 2 nitrogen and oxygen atoms in total. The van der Waals surface area contributed by atoms with Crippen LogP contribution in [0.2, 0.25) is 5.02 Å². The minimum Gasteiger partial charge on any atom is -0.385 e. The molecule has 0 saturated carbocycles. The Morgan fingerprint density at radius 2 is 2.39 bits per heavy atom. The molecule has 4 heteroatoms. The Balaban J connectivity index is 2.05. The lowest BCUT2D eigenvalue weighted by Gasteiger charge is -2.29. The maximum Gasteiger partial charge on any atom is 0.0476 e. The van der Waals surface area contributed by atoms with Crippen molar-refractivity contribution in [2.75, 3.05) is 19.5 Å². The summed E-state index contributed by atoms with van der Waals surface area (Å²) in [5, 5.41) is 4.51. The number of ether oxygens (including phenoxy) is 1. The maximum absolute atomic E-state index is 6.11. The first kappa shape index (κ1) is 14.2. The monoisotopic (exact) mass is 285 g/mol. The molecule has 1 aromatic rings. The molecule has 0 bridgehead atoms. The Morgan fingerprint density at radius 3 is 3.17 bits per heavy atom. The lowest BCUT2D eigenvalue weighted by atomic mass is 10.0. The van der Waals surface area contributed by atoms with Gasteiger partial charge in [-0.25, -0.2) is 0 Å². The van der Waals surface area contributed by atoms with E-state index < -0.39 is 0 Å². The quantitative estimate of drug-likeness (QED) is 0.887. The largest absolute Gasteiger partial charge is 0.385 e. The summed E-state index contributed by atoms with van der Waals surface area (Å²) in [6.07, 6.45) is 2.20. The van der Waals surface area contributed by atoms with Gasteiger partial charge in [-0.2, -0.15) is 0 Å². The average molecular weight is 286 g/mol. The molecule has 0 aliphatic carbocycles. The van der Waals surface area contributed by atoms with Crippen LogP contribution in [0.4, 0.5) is 0 Å². The van der Waals surface area contributed by atoms with Crippen LogP contribution in [0.1, 0.15) is 31.4 Å². The molecular formula is C14H20ClNOS. The van der Waals surface area contributed by atoms with Gasteiger partial charge in [0.2, 0.25) is 0 Å². The smallest absolute Gasteiger partial charge is 0.0476 e. The third-order valence-electron chi connectivity index (χ3n) is 3.25. The molecule has 1 heterocycles. The normalized spacial score (nSPS) is 20.5. The SMILES string of the molecule is COCCC(C)NC1CCSc2ccc(Cl)cc21. The van der Waals surface area contributed by atoms with Crippen molar-refractivity contribution in [1.29, 1.82) is 0 Å². The lowest BCUT2D eigenvalue weighted by Crippen LogP contribution is -2.33. The van der Waals surface area contributed by atoms with Crippen molar-refractivity contribution in [2.45, 2.75) is 36.7 Å². The summed E-state index contributed by atoms with van der Waals surface area (Å²) in [4.78, 5) is 1.36. The van der Waals surface area contributed by atoms with Gasteiger partial charge in [0, 0.05) is 35.7 Å². The van der Waals surface area contributed by atoms with Crippen LogP contribution in [0.15, 0.2) is 23.1 Å². The number of methoxy groups -OCH3 is 1. The number of hydrogen-bond donors (Lipinski definition) is 1. The Hall–Kier alpha value is -0.220. The number of benzene rings is 1. The molecule has 0 spiro atoms. The highest BCUT2D eigenvalue weighted by Crippen LogP contribution is 2.37. The standard InChI is InChI=1S/C14H20ClNOS/c1-10(5-7-17-2)16-13-6-8-18-14-4-3-11(15)9-12(13)14/h3-4,9-10,13,16H,5-8H2,1-2H3. The van der Waals surface area contributed by atoms with Gasteiger partial charge in [-0.15, -0.1) is 11.8 Å². The van der Waals surface area contributed by atoms with E-state index >= 15 is 0 Å². The van der Waals surface area contributed by atoms with E-state index in [2.05, 4.69) is 24.4 Å². The number of fused-ring (bicyclic) bond motifs is 1. The molecule has 2 unspecified atom stereocenters. The summed E-state index contributed by atoms with van der Waals surface area (Å²) in [6, 6.07) is 7.10. The molecule has 0 fully saturated rings. The van der Waals surface area contributed by atoms with E-state index in [1.165, 1.54) is 16.2 Å². The van der Waals surface area contributed by atoms with Crippen molar-refractivity contribution in [3.63, 3.8) is 0 Å². The van der Waals surface area contributed by atoms with E-state index in [4.69, 9.17) is 16.3 Å². The maximum atomic E-state index is 6.11. The van der Waals surface area contributed by atoms with Crippen molar-refractivity contribution in [3.05, 3.63) is 28.8 Å². The summed E-state index contributed by atoms with van der Waals surface area (Å²) >= 11 is 8.03. The molecule has 0 saturated heterocycles. The van der Waals surface area contributed by atoms with Crippen LogP contribution in [-0.2, 0) is 4.74 Å². The second kappa shape index (κ2) is 6.80. The van der Waals surface area contributed by atoms with Crippen molar-refractivity contribution in [1.82, 2.24) is 5.32 Å². The summed E-state index contributed by atoms with van der Waals surface area (Å²) in [6.45, 7) is 3.02. The van der Waals surface area contributed by atoms with E-state index in [-0.39, 0.29) is 0 Å². The molecule has 1 N–H and O–H groups in total. The summed E-state index contributed by atoms with van der Waals surface area (Å²) < 4.78 is 5.13. The van der Waals surface area contributed by atoms with E-state index in [0.29, 0.717) is 12.1 Å². The van der Waals surface area contributed by atoms with Crippen LogP contribution in [0, 0.1) is 0 Å². The Morgan fingerprint density at radius 1 is 1.56 bits per heavy atom. The zero-order valence-corrected chi connectivity index (χ0v) is 12.5. The Bertz CT molecular complexity index is 399. The fourth-order valence-corrected chi connectivity index (χ4v) is 3.55. The predicted octanol–water partition coefficient (Wildman–Crippen LogP) is 3.89. The van der Waals surface area contributed by atoms with Gasteiger partial charge in [0.25, 0.3) is 0 Å². The van der Waals surface area contributed by atoms with Gasteiger partial charge in [-0.05, 0) is 49.3 Å². The van der Waals surface area contributed by atoms with E-state index in [1.54, 1.807) is 7.11 Å². The number of halogens is 1. The van der Waals surface area contributed by atoms with E-state index in [0.717, 1.165) is 24.5 Å². The van der Waals surface area contributed by atoms with Crippen LogP contribution >= 0.6 is 23.4 Å². The molecular weight excluding hydrogens is 266 g/mol. The van der Waals surface area contributed by atoms with Crippen molar-refractivity contribution < 1.29 is 4.74 Å². The van der Waals surface area contributed by atoms with Crippen LogP contribution in [0.3, 0.4) is 0 Å². The number of nitrogens with one attached hydrogen (secondary N) is 1. The first-order chi connectivity index (χ1) is 8.70. The van der Waals surface area contributed by atoms with Gasteiger partial charge < -0.3 is 10.1 Å². The zero-order valence-electron chi connectivity index (χ0n) is 10.9. The first-order valence-electron chi connectivity index (χ1n) is 6.38. The fourth-order valence-electron chi connectivity index (χ4n) is 2.26. The second-order valence-electron chi connectivity index (χ2n) is 4.72. The van der Waals surface area contributed by atoms with Gasteiger partial charge in [0.05, 0.1) is 0 Å². The van der Waals surface area contributed by atoms with Crippen molar-refractivity contribution in [2.24, 2.45) is 0 Å². The first-order valence-corrected chi connectivity index (χ1v) is 7.74. The van der Waals surface area contributed by atoms with Crippen LogP contribution in [0.25, 0.3) is 0 Å². The molecule has 0 aromatic heterocycles.